The van der Waals surface area contributed by atoms with Crippen molar-refractivity contribution in [2.75, 3.05) is 12.8 Å². The van der Waals surface area contributed by atoms with Crippen LogP contribution in [0.2, 0.25) is 0 Å². The highest BCUT2D eigenvalue weighted by atomic mass is 79.9. The molecule has 60 valence electrons. The van der Waals surface area contributed by atoms with Crippen molar-refractivity contribution in [2.24, 2.45) is 0 Å². The van der Waals surface area contributed by atoms with E-state index in [2.05, 4.69) is 15.9 Å². The maximum absolute atomic E-state index is 5.61. The molecule has 2 N–H and O–H groups in total. The smallest absolute Gasteiger partial charge is 0.121 e. The highest BCUT2D eigenvalue weighted by molar-refractivity contribution is 9.08. The van der Waals surface area contributed by atoms with Gasteiger partial charge in [-0.3, -0.25) is 0 Å². The number of rotatable bonds is 2. The molecule has 0 saturated heterocycles. The van der Waals surface area contributed by atoms with E-state index >= 15 is 0 Å². The van der Waals surface area contributed by atoms with E-state index in [-0.39, 0.29) is 0 Å². The largest absolute Gasteiger partial charge is 0.497 e. The molecule has 0 spiro atoms. The Balaban J connectivity index is 3.02. The first kappa shape index (κ1) is 8.40. The zero-order chi connectivity index (χ0) is 8.27. The SMILES string of the molecule is COc1cc(N)cc(CBr)c1. The van der Waals surface area contributed by atoms with Crippen LogP contribution in [0.5, 0.6) is 5.75 Å². The summed E-state index contributed by atoms with van der Waals surface area (Å²) in [4.78, 5) is 0. The molecule has 1 rings (SSSR count). The number of benzene rings is 1. The number of nitrogen functional groups attached to an aromatic ring is 1. The number of methoxy groups -OCH3 is 1. The molecule has 0 aliphatic rings. The first-order valence-electron chi connectivity index (χ1n) is 3.25. The molecular weight excluding hydrogens is 206 g/mol. The van der Waals surface area contributed by atoms with Gasteiger partial charge in [0, 0.05) is 17.1 Å². The molecule has 2 nitrogen and oxygen atoms in total. The Hall–Kier alpha value is -0.700. The summed E-state index contributed by atoms with van der Waals surface area (Å²) in [6.07, 6.45) is 0. The van der Waals surface area contributed by atoms with Crippen molar-refractivity contribution in [2.45, 2.75) is 5.33 Å². The maximum atomic E-state index is 5.61. The molecular formula is C8H10BrNO. The summed E-state index contributed by atoms with van der Waals surface area (Å²) in [6.45, 7) is 0. The van der Waals surface area contributed by atoms with Crippen molar-refractivity contribution in [3.8, 4) is 5.75 Å². The van der Waals surface area contributed by atoms with Gasteiger partial charge in [0.2, 0.25) is 0 Å². The van der Waals surface area contributed by atoms with Crippen LogP contribution >= 0.6 is 15.9 Å². The van der Waals surface area contributed by atoms with Crippen LogP contribution in [0.4, 0.5) is 5.69 Å². The monoisotopic (exact) mass is 215 g/mol. The Morgan fingerprint density at radius 2 is 2.18 bits per heavy atom. The van der Waals surface area contributed by atoms with Gasteiger partial charge in [-0.05, 0) is 17.7 Å². The van der Waals surface area contributed by atoms with Crippen LogP contribution in [-0.2, 0) is 5.33 Å². The number of nitrogens with two attached hydrogens (primary N) is 1. The predicted octanol–water partition coefficient (Wildman–Crippen LogP) is 2.17. The van der Waals surface area contributed by atoms with E-state index in [0.717, 1.165) is 22.3 Å². The minimum atomic E-state index is 0.735. The summed E-state index contributed by atoms with van der Waals surface area (Å²) in [5.41, 5.74) is 7.47. The lowest BCUT2D eigenvalue weighted by Gasteiger charge is -2.03. The van der Waals surface area contributed by atoms with Gasteiger partial charge in [0.05, 0.1) is 7.11 Å². The van der Waals surface area contributed by atoms with Gasteiger partial charge in [0.1, 0.15) is 5.75 Å². The Kier molecular flexibility index (Phi) is 2.76. The average molecular weight is 216 g/mol. The van der Waals surface area contributed by atoms with Gasteiger partial charge >= 0.3 is 0 Å². The zero-order valence-corrected chi connectivity index (χ0v) is 7.89. The van der Waals surface area contributed by atoms with Gasteiger partial charge in [-0.2, -0.15) is 0 Å². The Morgan fingerprint density at radius 1 is 1.45 bits per heavy atom. The van der Waals surface area contributed by atoms with Crippen molar-refractivity contribution in [1.29, 1.82) is 0 Å². The molecule has 11 heavy (non-hydrogen) atoms. The molecule has 0 fully saturated rings. The van der Waals surface area contributed by atoms with E-state index < -0.39 is 0 Å². The minimum absolute atomic E-state index is 0.735. The molecule has 0 bridgehead atoms. The molecule has 1 aromatic rings. The number of anilines is 1. The Morgan fingerprint density at radius 3 is 2.73 bits per heavy atom. The molecule has 0 unspecified atom stereocenters. The highest BCUT2D eigenvalue weighted by Gasteiger charge is 1.96. The van der Waals surface area contributed by atoms with Crippen LogP contribution in [0.3, 0.4) is 0 Å². The first-order chi connectivity index (χ1) is 5.26. The maximum Gasteiger partial charge on any atom is 0.121 e. The quantitative estimate of drug-likeness (QED) is 0.607. The molecule has 0 amide bonds. The second-order valence-electron chi connectivity index (χ2n) is 2.25. The van der Waals surface area contributed by atoms with Gasteiger partial charge in [-0.15, -0.1) is 0 Å². The number of halogens is 1. The topological polar surface area (TPSA) is 35.2 Å². The fourth-order valence-electron chi connectivity index (χ4n) is 0.881. The van der Waals surface area contributed by atoms with Crippen LogP contribution in [0.15, 0.2) is 18.2 Å². The summed E-state index contributed by atoms with van der Waals surface area (Å²) >= 11 is 3.34. The third-order valence-corrected chi connectivity index (χ3v) is 2.03. The predicted molar refractivity (Wildman–Crippen MR) is 50.0 cm³/mol. The van der Waals surface area contributed by atoms with Crippen molar-refractivity contribution < 1.29 is 4.74 Å². The van der Waals surface area contributed by atoms with Gasteiger partial charge < -0.3 is 10.5 Å². The van der Waals surface area contributed by atoms with E-state index in [0.29, 0.717) is 0 Å². The van der Waals surface area contributed by atoms with Crippen LogP contribution in [0.1, 0.15) is 5.56 Å². The standard InChI is InChI=1S/C8H10BrNO/c1-11-8-3-6(5-9)2-7(10)4-8/h2-4H,5,10H2,1H3. The van der Waals surface area contributed by atoms with Crippen LogP contribution in [0.25, 0.3) is 0 Å². The lowest BCUT2D eigenvalue weighted by Crippen LogP contribution is -1.90. The molecule has 0 aliphatic heterocycles. The van der Waals surface area contributed by atoms with E-state index in [4.69, 9.17) is 10.5 Å². The van der Waals surface area contributed by atoms with Crippen molar-refractivity contribution in [3.05, 3.63) is 23.8 Å². The first-order valence-corrected chi connectivity index (χ1v) is 4.38. The zero-order valence-electron chi connectivity index (χ0n) is 6.30. The van der Waals surface area contributed by atoms with E-state index in [1.165, 1.54) is 0 Å². The molecule has 0 radical (unpaired) electrons. The van der Waals surface area contributed by atoms with Crippen LogP contribution in [-0.4, -0.2) is 7.11 Å². The summed E-state index contributed by atoms with van der Waals surface area (Å²) < 4.78 is 5.04. The normalized spacial score (nSPS) is 9.64. The number of hydrogen-bond donors (Lipinski definition) is 1. The summed E-state index contributed by atoms with van der Waals surface area (Å²) in [7, 11) is 1.63. The fourth-order valence-corrected chi connectivity index (χ4v) is 1.20. The molecule has 1 aromatic carbocycles. The molecule has 0 saturated carbocycles. The van der Waals surface area contributed by atoms with Gasteiger partial charge in [-0.25, -0.2) is 0 Å². The van der Waals surface area contributed by atoms with Crippen LogP contribution in [0, 0.1) is 0 Å². The number of alkyl halides is 1. The number of ether oxygens (including phenoxy) is 1. The van der Waals surface area contributed by atoms with E-state index in [1.54, 1.807) is 13.2 Å². The van der Waals surface area contributed by atoms with E-state index in [9.17, 15) is 0 Å². The second kappa shape index (κ2) is 3.62. The Bertz CT molecular complexity index is 228. The van der Waals surface area contributed by atoms with Gasteiger partial charge in [-0.1, -0.05) is 15.9 Å². The van der Waals surface area contributed by atoms with Gasteiger partial charge in [0.25, 0.3) is 0 Å². The molecule has 3 heteroatoms. The molecule has 0 heterocycles. The fraction of sp³-hybridized carbons (Fsp3) is 0.250. The molecule has 0 aliphatic carbocycles. The number of hydrogen-bond acceptors (Lipinski definition) is 2. The van der Waals surface area contributed by atoms with Crippen molar-refractivity contribution in [3.63, 3.8) is 0 Å². The summed E-state index contributed by atoms with van der Waals surface area (Å²) in [5.74, 6) is 0.805. The molecule has 0 aromatic heterocycles. The minimum Gasteiger partial charge on any atom is -0.497 e. The Labute approximate surface area is 74.5 Å². The van der Waals surface area contributed by atoms with Gasteiger partial charge in [0.15, 0.2) is 0 Å². The summed E-state index contributed by atoms with van der Waals surface area (Å²) in [6, 6.07) is 5.66. The summed E-state index contributed by atoms with van der Waals surface area (Å²) in [5, 5.41) is 0.800. The molecule has 0 atom stereocenters. The average Bonchev–Trinajstić information content (AvgIpc) is 2.03. The van der Waals surface area contributed by atoms with E-state index in [1.807, 2.05) is 12.1 Å². The highest BCUT2D eigenvalue weighted by Crippen LogP contribution is 2.19. The third kappa shape index (κ3) is 2.12. The lowest BCUT2D eigenvalue weighted by atomic mass is 10.2. The lowest BCUT2D eigenvalue weighted by molar-refractivity contribution is 0.414. The second-order valence-corrected chi connectivity index (χ2v) is 2.81. The van der Waals surface area contributed by atoms with Crippen LogP contribution < -0.4 is 10.5 Å². The third-order valence-electron chi connectivity index (χ3n) is 1.38. The van der Waals surface area contributed by atoms with Crippen molar-refractivity contribution >= 4 is 21.6 Å². The van der Waals surface area contributed by atoms with Crippen molar-refractivity contribution in [1.82, 2.24) is 0 Å².